The normalized spacial score (nSPS) is 11.8. The summed E-state index contributed by atoms with van der Waals surface area (Å²) in [5, 5.41) is 3.82. The summed E-state index contributed by atoms with van der Waals surface area (Å²) in [6.07, 6.45) is 4.88. The van der Waals surface area contributed by atoms with Crippen LogP contribution in [0.1, 0.15) is 51.9 Å². The molecule has 0 saturated heterocycles. The maximum atomic E-state index is 13.9. The van der Waals surface area contributed by atoms with Gasteiger partial charge in [-0.25, -0.2) is 15.0 Å². The Hall–Kier alpha value is -4.41. The van der Waals surface area contributed by atoms with E-state index in [1.54, 1.807) is 22.7 Å². The van der Waals surface area contributed by atoms with E-state index in [1.165, 1.54) is 35.8 Å². The molecule has 0 aliphatic rings. The summed E-state index contributed by atoms with van der Waals surface area (Å²) in [5.74, 6) is 0.0721. The molecule has 8 nitrogen and oxygen atoms in total. The van der Waals surface area contributed by atoms with Crippen molar-refractivity contribution < 1.29 is 18.0 Å². The van der Waals surface area contributed by atoms with Crippen LogP contribution in [-0.2, 0) is 19.1 Å². The molecule has 0 bridgehead atoms. The molecule has 0 fully saturated rings. The van der Waals surface area contributed by atoms with Gasteiger partial charge in [0.05, 0.1) is 35.4 Å². The van der Waals surface area contributed by atoms with Gasteiger partial charge in [-0.3, -0.25) is 18.9 Å². The number of benzene rings is 1. The number of halogens is 3. The zero-order valence-corrected chi connectivity index (χ0v) is 20.1. The van der Waals surface area contributed by atoms with E-state index in [9.17, 15) is 18.0 Å². The number of rotatable bonds is 7. The molecule has 0 aliphatic carbocycles. The van der Waals surface area contributed by atoms with Gasteiger partial charge in [-0.2, -0.15) is 18.3 Å². The maximum Gasteiger partial charge on any atom is 0.435 e. The molecule has 0 radical (unpaired) electrons. The number of carbonyl (C=O) groups is 1. The first-order chi connectivity index (χ1) is 17.7. The second-order valence-corrected chi connectivity index (χ2v) is 8.60. The molecule has 0 atom stereocenters. The standard InChI is InChI=1S/C26H22F3N7O/c1-3-23(37)19-5-4-17(10-16(19)2)11-21-25-32-12-22(36(25)9-8-31-21)20-14-35(34-24(20)26(27,28)29)13-18-6-7-30-15-33-18/h4-10,12,14-15H,3,11,13H2,1-2H3. The van der Waals surface area contributed by atoms with Crippen LogP contribution in [0.4, 0.5) is 13.2 Å². The molecule has 4 aromatic heterocycles. The predicted molar refractivity (Wildman–Crippen MR) is 129 cm³/mol. The monoisotopic (exact) mass is 505 g/mol. The number of fused-ring (bicyclic) bond motifs is 1. The van der Waals surface area contributed by atoms with Crippen LogP contribution in [-0.4, -0.2) is 39.9 Å². The molecule has 0 spiro atoms. The summed E-state index contributed by atoms with van der Waals surface area (Å²) in [6, 6.07) is 7.21. The number of imidazole rings is 1. The summed E-state index contributed by atoms with van der Waals surface area (Å²) >= 11 is 0. The molecule has 0 saturated carbocycles. The number of Topliss-reactive ketones (excluding diaryl/α,β-unsaturated/α-hetero) is 1. The highest BCUT2D eigenvalue weighted by Crippen LogP contribution is 2.36. The second kappa shape index (κ2) is 9.57. The fourth-order valence-electron chi connectivity index (χ4n) is 4.31. The minimum absolute atomic E-state index is 0.0605. The van der Waals surface area contributed by atoms with Crippen LogP contribution in [0.15, 0.2) is 61.6 Å². The zero-order valence-electron chi connectivity index (χ0n) is 20.1. The number of aryl methyl sites for hydroxylation is 1. The molecular formula is C26H22F3N7O. The fraction of sp³-hybridized carbons (Fsp3) is 0.231. The van der Waals surface area contributed by atoms with Crippen LogP contribution in [0.2, 0.25) is 0 Å². The average molecular weight is 506 g/mol. The summed E-state index contributed by atoms with van der Waals surface area (Å²) in [4.78, 5) is 28.8. The molecule has 0 amide bonds. The minimum atomic E-state index is -4.67. The van der Waals surface area contributed by atoms with E-state index in [-0.39, 0.29) is 23.6 Å². The highest BCUT2D eigenvalue weighted by atomic mass is 19.4. The van der Waals surface area contributed by atoms with Crippen molar-refractivity contribution in [2.75, 3.05) is 0 Å². The zero-order chi connectivity index (χ0) is 26.2. The number of ketones is 1. The van der Waals surface area contributed by atoms with E-state index < -0.39 is 11.9 Å². The lowest BCUT2D eigenvalue weighted by Crippen LogP contribution is -2.10. The number of alkyl halides is 3. The van der Waals surface area contributed by atoms with E-state index in [2.05, 4.69) is 25.0 Å². The summed E-state index contributed by atoms with van der Waals surface area (Å²) in [5.41, 5.74) is 3.20. The molecule has 188 valence electrons. The topological polar surface area (TPSA) is 90.9 Å². The van der Waals surface area contributed by atoms with Crippen molar-refractivity contribution in [3.63, 3.8) is 0 Å². The van der Waals surface area contributed by atoms with Crippen molar-refractivity contribution in [2.45, 2.75) is 39.4 Å². The average Bonchev–Trinajstić information content (AvgIpc) is 3.49. The second-order valence-electron chi connectivity index (χ2n) is 8.60. The van der Waals surface area contributed by atoms with Crippen LogP contribution in [0, 0.1) is 6.92 Å². The van der Waals surface area contributed by atoms with Gasteiger partial charge in [-0.05, 0) is 24.1 Å². The van der Waals surface area contributed by atoms with Crippen LogP contribution in [0.25, 0.3) is 16.9 Å². The van der Waals surface area contributed by atoms with Gasteiger partial charge < -0.3 is 0 Å². The maximum absolute atomic E-state index is 13.9. The Kier molecular flexibility index (Phi) is 6.28. The molecule has 5 aromatic rings. The summed E-state index contributed by atoms with van der Waals surface area (Å²) in [6.45, 7) is 3.76. The number of hydrogen-bond acceptors (Lipinski definition) is 6. The van der Waals surface area contributed by atoms with Crippen molar-refractivity contribution in [1.29, 1.82) is 0 Å². The number of nitrogens with zero attached hydrogens (tertiary/aromatic N) is 7. The van der Waals surface area contributed by atoms with Gasteiger partial charge in [-0.15, -0.1) is 0 Å². The van der Waals surface area contributed by atoms with Crippen LogP contribution in [0.3, 0.4) is 0 Å². The molecule has 37 heavy (non-hydrogen) atoms. The van der Waals surface area contributed by atoms with Crippen molar-refractivity contribution in [3.8, 4) is 11.3 Å². The van der Waals surface area contributed by atoms with Crippen LogP contribution in [0.5, 0.6) is 0 Å². The number of hydrogen-bond donors (Lipinski definition) is 0. The highest BCUT2D eigenvalue weighted by molar-refractivity contribution is 5.97. The van der Waals surface area contributed by atoms with E-state index >= 15 is 0 Å². The summed E-state index contributed by atoms with van der Waals surface area (Å²) < 4.78 is 44.6. The van der Waals surface area contributed by atoms with Gasteiger partial charge >= 0.3 is 6.18 Å². The minimum Gasteiger partial charge on any atom is -0.296 e. The lowest BCUT2D eigenvalue weighted by Gasteiger charge is -2.09. The largest absolute Gasteiger partial charge is 0.435 e. The number of carbonyl (C=O) groups excluding carboxylic acids is 1. The molecular weight excluding hydrogens is 483 g/mol. The van der Waals surface area contributed by atoms with Gasteiger partial charge in [0, 0.05) is 43.2 Å². The Morgan fingerprint density at radius 2 is 1.92 bits per heavy atom. The first kappa shape index (κ1) is 24.3. The van der Waals surface area contributed by atoms with Crippen molar-refractivity contribution >= 4 is 11.4 Å². The van der Waals surface area contributed by atoms with Gasteiger partial charge in [-0.1, -0.05) is 25.1 Å². The highest BCUT2D eigenvalue weighted by Gasteiger charge is 2.38. The lowest BCUT2D eigenvalue weighted by molar-refractivity contribution is -0.141. The molecule has 0 unspecified atom stereocenters. The summed E-state index contributed by atoms with van der Waals surface area (Å²) in [7, 11) is 0. The van der Waals surface area contributed by atoms with Gasteiger partial charge in [0.1, 0.15) is 6.33 Å². The van der Waals surface area contributed by atoms with Crippen LogP contribution < -0.4 is 0 Å². The van der Waals surface area contributed by atoms with Gasteiger partial charge in [0.25, 0.3) is 0 Å². The Bertz CT molecular complexity index is 1590. The molecule has 1 aromatic carbocycles. The van der Waals surface area contributed by atoms with E-state index in [1.807, 2.05) is 26.0 Å². The SMILES string of the molecule is CCC(=O)c1ccc(Cc2nccn3c(-c4cn(Cc5ccncn5)nc4C(F)(F)F)cnc23)cc1C. The first-order valence-corrected chi connectivity index (χ1v) is 11.6. The lowest BCUT2D eigenvalue weighted by atomic mass is 9.98. The third-order valence-corrected chi connectivity index (χ3v) is 6.06. The Balaban J connectivity index is 1.52. The molecule has 5 rings (SSSR count). The Morgan fingerprint density at radius 3 is 2.62 bits per heavy atom. The Morgan fingerprint density at radius 1 is 1.08 bits per heavy atom. The van der Waals surface area contributed by atoms with Gasteiger partial charge in [0.15, 0.2) is 17.1 Å². The first-order valence-electron chi connectivity index (χ1n) is 11.6. The third kappa shape index (κ3) is 4.84. The van der Waals surface area contributed by atoms with Crippen molar-refractivity contribution in [2.24, 2.45) is 0 Å². The van der Waals surface area contributed by atoms with Crippen LogP contribution >= 0.6 is 0 Å². The predicted octanol–water partition coefficient (Wildman–Crippen LogP) is 4.94. The number of aromatic nitrogens is 7. The van der Waals surface area contributed by atoms with Crippen molar-refractivity contribution in [3.05, 3.63) is 95.3 Å². The third-order valence-electron chi connectivity index (χ3n) is 6.06. The van der Waals surface area contributed by atoms with E-state index in [0.717, 1.165) is 11.1 Å². The molecule has 11 heteroatoms. The smallest absolute Gasteiger partial charge is 0.296 e. The quantitative estimate of drug-likeness (QED) is 0.291. The molecule has 0 N–H and O–H groups in total. The Labute approximate surface area is 209 Å². The van der Waals surface area contributed by atoms with Gasteiger partial charge in [0.2, 0.25) is 0 Å². The van der Waals surface area contributed by atoms with E-state index in [0.29, 0.717) is 35.4 Å². The van der Waals surface area contributed by atoms with E-state index in [4.69, 9.17) is 0 Å². The molecule has 0 aliphatic heterocycles. The molecule has 4 heterocycles. The van der Waals surface area contributed by atoms with Crippen molar-refractivity contribution in [1.82, 2.24) is 34.1 Å². The fourth-order valence-corrected chi connectivity index (χ4v) is 4.31.